The maximum Gasteiger partial charge on any atom is 0.330 e. The van der Waals surface area contributed by atoms with Crippen molar-refractivity contribution < 1.29 is 28.2 Å². The number of hydrogen-bond acceptors (Lipinski definition) is 8. The highest BCUT2D eigenvalue weighted by Crippen LogP contribution is 2.44. The van der Waals surface area contributed by atoms with Crippen LogP contribution in [0.25, 0.3) is 0 Å². The number of ether oxygens (including phenoxy) is 4. The molecule has 0 spiro atoms. The van der Waals surface area contributed by atoms with Crippen LogP contribution >= 0.6 is 0 Å². The molecule has 11 heteroatoms. The Labute approximate surface area is 291 Å². The van der Waals surface area contributed by atoms with E-state index in [1.54, 1.807) is 6.92 Å². The molecule has 2 heterocycles. The number of esters is 1. The molecule has 1 aliphatic heterocycles. The van der Waals surface area contributed by atoms with Gasteiger partial charge in [0.2, 0.25) is 0 Å². The number of aromatic nitrogens is 2. The zero-order valence-corrected chi connectivity index (χ0v) is 31.2. The molecule has 0 aliphatic carbocycles. The lowest BCUT2D eigenvalue weighted by Gasteiger charge is -2.44. The van der Waals surface area contributed by atoms with E-state index in [0.717, 1.165) is 36.1 Å². The Hall–Kier alpha value is -3.35. The van der Waals surface area contributed by atoms with Crippen molar-refractivity contribution in [1.29, 1.82) is 0 Å². The molecule has 49 heavy (non-hydrogen) atoms. The Kier molecular flexibility index (Phi) is 13.4. The van der Waals surface area contributed by atoms with Gasteiger partial charge in [0.05, 0.1) is 6.61 Å². The topological polar surface area (TPSA) is 118 Å². The zero-order chi connectivity index (χ0) is 35.7. The predicted octanol–water partition coefficient (Wildman–Crippen LogP) is 5.01. The van der Waals surface area contributed by atoms with Crippen LogP contribution in [-0.2, 0) is 28.2 Å². The van der Waals surface area contributed by atoms with Crippen LogP contribution in [0.4, 0.5) is 0 Å². The third-order valence-electron chi connectivity index (χ3n) is 9.22. The van der Waals surface area contributed by atoms with Gasteiger partial charge in [-0.2, -0.15) is 0 Å². The van der Waals surface area contributed by atoms with Crippen LogP contribution in [0.1, 0.15) is 85.4 Å². The maximum atomic E-state index is 13.3. The Morgan fingerprint density at radius 2 is 1.53 bits per heavy atom. The summed E-state index contributed by atoms with van der Waals surface area (Å²) in [5.74, 6) is -0.539. The first-order chi connectivity index (χ1) is 23.4. The molecule has 0 bridgehead atoms. The minimum absolute atomic E-state index is 0.124. The summed E-state index contributed by atoms with van der Waals surface area (Å²) in [4.78, 5) is 40.6. The second kappa shape index (κ2) is 17.0. The average Bonchev–Trinajstić information content (AvgIpc) is 3.35. The lowest BCUT2D eigenvalue weighted by molar-refractivity contribution is -0.160. The van der Waals surface area contributed by atoms with Gasteiger partial charge in [-0.05, 0) is 35.2 Å². The number of H-pyrrole nitrogens is 1. The van der Waals surface area contributed by atoms with Gasteiger partial charge in [0, 0.05) is 44.9 Å². The number of nitrogens with zero attached hydrogens (tertiary/aromatic N) is 1. The van der Waals surface area contributed by atoms with Gasteiger partial charge in [0.25, 0.3) is 13.9 Å². The van der Waals surface area contributed by atoms with Gasteiger partial charge in [0.1, 0.15) is 11.7 Å². The molecule has 2 aromatic carbocycles. The molecule has 0 saturated carbocycles. The van der Waals surface area contributed by atoms with Crippen molar-refractivity contribution in [3.05, 3.63) is 93.3 Å². The zero-order valence-electron chi connectivity index (χ0n) is 30.2. The summed E-state index contributed by atoms with van der Waals surface area (Å²) in [5, 5.41) is 2.05. The molecule has 4 rings (SSSR count). The smallest absolute Gasteiger partial charge is 0.330 e. The van der Waals surface area contributed by atoms with E-state index < -0.39 is 49.6 Å². The first-order valence-corrected chi connectivity index (χ1v) is 19.4. The van der Waals surface area contributed by atoms with E-state index >= 15 is 0 Å². The van der Waals surface area contributed by atoms with Gasteiger partial charge in [-0.3, -0.25) is 19.1 Å². The van der Waals surface area contributed by atoms with E-state index in [2.05, 4.69) is 63.9 Å². The molecule has 4 atom stereocenters. The van der Waals surface area contributed by atoms with Crippen molar-refractivity contribution >= 4 is 24.7 Å². The molecule has 1 fully saturated rings. The van der Waals surface area contributed by atoms with Crippen molar-refractivity contribution in [2.24, 2.45) is 0 Å². The SMILES string of the molecule is CCCCOC[C@@]1(CCO[Si](c2ccccc2)(c2ccccc2)C(C)(C)C)O[C@@H](n2cc(C)c(=O)[nH]c2=O)C(OC(C)=O)C1OCCCC. The first-order valence-electron chi connectivity index (χ1n) is 17.5. The summed E-state index contributed by atoms with van der Waals surface area (Å²) in [6.45, 7) is 15.1. The molecule has 10 nitrogen and oxygen atoms in total. The number of carbonyl (C=O) groups excluding carboxylic acids is 1. The Morgan fingerprint density at radius 3 is 2.08 bits per heavy atom. The molecular weight excluding hydrogens is 641 g/mol. The number of benzene rings is 2. The fourth-order valence-corrected chi connectivity index (χ4v) is 11.3. The maximum absolute atomic E-state index is 13.3. The number of hydrogen-bond donors (Lipinski definition) is 1. The molecule has 0 radical (unpaired) electrons. The fourth-order valence-electron chi connectivity index (χ4n) is 6.75. The summed E-state index contributed by atoms with van der Waals surface area (Å²) in [5.41, 5.74) is -2.01. The summed E-state index contributed by atoms with van der Waals surface area (Å²) in [7, 11) is -2.92. The number of rotatable bonds is 17. The molecule has 1 saturated heterocycles. The second-order valence-corrected chi connectivity index (χ2v) is 18.2. The minimum atomic E-state index is -2.92. The third kappa shape index (κ3) is 8.69. The van der Waals surface area contributed by atoms with E-state index in [1.807, 2.05) is 36.4 Å². The largest absolute Gasteiger partial charge is 0.455 e. The van der Waals surface area contributed by atoms with Crippen molar-refractivity contribution in [1.82, 2.24) is 9.55 Å². The quantitative estimate of drug-likeness (QED) is 0.119. The van der Waals surface area contributed by atoms with Gasteiger partial charge in [0.15, 0.2) is 12.3 Å². The van der Waals surface area contributed by atoms with Crippen LogP contribution in [0.2, 0.25) is 5.04 Å². The van der Waals surface area contributed by atoms with Crippen LogP contribution in [-0.4, -0.2) is 68.1 Å². The lowest BCUT2D eigenvalue weighted by atomic mass is 9.92. The van der Waals surface area contributed by atoms with E-state index in [9.17, 15) is 14.4 Å². The Morgan fingerprint density at radius 1 is 0.939 bits per heavy atom. The standard InChI is InChI=1S/C38H54N2O8Si/c1-8-10-23-44-27-38(22-25-46-49(37(5,6)7,30-18-14-12-15-19-30)31-20-16-13-17-21-31)33(45-24-11-9-2)32(47-29(4)41)35(48-38)40-26-28(3)34(42)39-36(40)43/h12-21,26,32-33,35H,8-11,22-25,27H2,1-7H3,(H,39,42,43)/t32?,33?,35-,38-/m1/s1. The van der Waals surface area contributed by atoms with Crippen molar-refractivity contribution in [3.63, 3.8) is 0 Å². The molecule has 1 aromatic heterocycles. The number of carbonyl (C=O) groups is 1. The lowest BCUT2D eigenvalue weighted by Crippen LogP contribution is -2.67. The Balaban J connectivity index is 1.83. The van der Waals surface area contributed by atoms with Crippen LogP contribution in [0.15, 0.2) is 76.4 Å². The van der Waals surface area contributed by atoms with Gasteiger partial charge in [-0.1, -0.05) is 108 Å². The highest BCUT2D eigenvalue weighted by molar-refractivity contribution is 6.99. The van der Waals surface area contributed by atoms with Gasteiger partial charge in [-0.25, -0.2) is 4.79 Å². The normalized spacial score (nSPS) is 21.2. The first kappa shape index (κ1) is 38.4. The van der Waals surface area contributed by atoms with E-state index in [-0.39, 0.29) is 18.3 Å². The average molecular weight is 695 g/mol. The molecule has 1 aliphatic rings. The molecule has 268 valence electrons. The minimum Gasteiger partial charge on any atom is -0.455 e. The van der Waals surface area contributed by atoms with Crippen molar-refractivity contribution in [2.75, 3.05) is 26.4 Å². The van der Waals surface area contributed by atoms with Gasteiger partial charge < -0.3 is 23.4 Å². The third-order valence-corrected chi connectivity index (χ3v) is 14.3. The molecule has 3 aromatic rings. The van der Waals surface area contributed by atoms with E-state index in [0.29, 0.717) is 25.2 Å². The molecule has 0 amide bonds. The van der Waals surface area contributed by atoms with Crippen LogP contribution in [0.5, 0.6) is 0 Å². The van der Waals surface area contributed by atoms with Crippen molar-refractivity contribution in [2.45, 2.75) is 110 Å². The number of unbranched alkanes of at least 4 members (excludes halogenated alkanes) is 2. The highest BCUT2D eigenvalue weighted by Gasteiger charge is 2.59. The van der Waals surface area contributed by atoms with Crippen LogP contribution < -0.4 is 21.6 Å². The van der Waals surface area contributed by atoms with Gasteiger partial charge >= 0.3 is 11.7 Å². The predicted molar refractivity (Wildman–Crippen MR) is 193 cm³/mol. The highest BCUT2D eigenvalue weighted by atomic mass is 28.4. The molecular formula is C38H54N2O8Si. The Bertz CT molecular complexity index is 1560. The summed E-state index contributed by atoms with van der Waals surface area (Å²) in [6.07, 6.45) is 2.36. The molecule has 1 N–H and O–H groups in total. The van der Waals surface area contributed by atoms with Crippen LogP contribution in [0, 0.1) is 6.92 Å². The monoisotopic (exact) mass is 694 g/mol. The van der Waals surface area contributed by atoms with Gasteiger partial charge in [-0.15, -0.1) is 0 Å². The van der Waals surface area contributed by atoms with Crippen LogP contribution in [0.3, 0.4) is 0 Å². The number of nitrogens with one attached hydrogen (secondary N) is 1. The molecule has 2 unspecified atom stereocenters. The van der Waals surface area contributed by atoms with E-state index in [1.165, 1.54) is 17.7 Å². The van der Waals surface area contributed by atoms with Crippen molar-refractivity contribution in [3.8, 4) is 0 Å². The summed E-state index contributed by atoms with van der Waals surface area (Å²) in [6, 6.07) is 20.8. The number of aromatic amines is 1. The summed E-state index contributed by atoms with van der Waals surface area (Å²) < 4.78 is 34.3. The number of aryl methyl sites for hydroxylation is 1. The van der Waals surface area contributed by atoms with E-state index in [4.69, 9.17) is 23.4 Å². The fraction of sp³-hybridized carbons (Fsp3) is 0.553. The summed E-state index contributed by atoms with van der Waals surface area (Å²) >= 11 is 0. The second-order valence-electron chi connectivity index (χ2n) is 13.9.